The molecule has 0 saturated carbocycles. The van der Waals surface area contributed by atoms with Gasteiger partial charge in [0.2, 0.25) is 5.88 Å². The number of nitrogen functional groups attached to an aromatic ring is 1. The first-order valence-corrected chi connectivity index (χ1v) is 6.18. The molecule has 4 heteroatoms. The van der Waals surface area contributed by atoms with E-state index in [1.54, 1.807) is 30.5 Å². The van der Waals surface area contributed by atoms with Crippen molar-refractivity contribution in [2.24, 2.45) is 0 Å². The first-order chi connectivity index (χ1) is 9.65. The van der Waals surface area contributed by atoms with Crippen molar-refractivity contribution in [1.29, 1.82) is 5.26 Å². The van der Waals surface area contributed by atoms with E-state index in [1.807, 2.05) is 13.0 Å². The van der Waals surface area contributed by atoms with Crippen LogP contribution in [0.15, 0.2) is 43.1 Å². The Kier molecular flexibility index (Phi) is 4.02. The van der Waals surface area contributed by atoms with Crippen LogP contribution in [0.2, 0.25) is 0 Å². The summed E-state index contributed by atoms with van der Waals surface area (Å²) >= 11 is 0. The topological polar surface area (TPSA) is 71.9 Å². The predicted octanol–water partition coefficient (Wildman–Crippen LogP) is 3.36. The van der Waals surface area contributed by atoms with Crippen LogP contribution in [0.5, 0.6) is 11.6 Å². The van der Waals surface area contributed by atoms with Crippen molar-refractivity contribution in [1.82, 2.24) is 4.98 Å². The average Bonchev–Trinajstić information content (AvgIpc) is 2.42. The van der Waals surface area contributed by atoms with E-state index < -0.39 is 0 Å². The van der Waals surface area contributed by atoms with E-state index in [2.05, 4.69) is 17.6 Å². The molecule has 0 fully saturated rings. The van der Waals surface area contributed by atoms with Crippen molar-refractivity contribution in [2.45, 2.75) is 13.3 Å². The minimum Gasteiger partial charge on any atom is -0.437 e. The van der Waals surface area contributed by atoms with Gasteiger partial charge in [-0.2, -0.15) is 5.26 Å². The molecule has 2 aromatic rings. The van der Waals surface area contributed by atoms with E-state index >= 15 is 0 Å². The quantitative estimate of drug-likeness (QED) is 0.679. The lowest BCUT2D eigenvalue weighted by molar-refractivity contribution is 0.456. The lowest BCUT2D eigenvalue weighted by atomic mass is 10.1. The van der Waals surface area contributed by atoms with Gasteiger partial charge >= 0.3 is 0 Å². The second-order valence-corrected chi connectivity index (χ2v) is 4.38. The molecule has 0 amide bonds. The number of nitriles is 1. The van der Waals surface area contributed by atoms with Gasteiger partial charge in [0.15, 0.2) is 0 Å². The number of hydrogen-bond donors (Lipinski definition) is 1. The molecule has 0 spiro atoms. The van der Waals surface area contributed by atoms with Crippen molar-refractivity contribution in [3.63, 3.8) is 0 Å². The maximum absolute atomic E-state index is 9.19. The molecule has 20 heavy (non-hydrogen) atoms. The number of anilines is 1. The van der Waals surface area contributed by atoms with Crippen LogP contribution in [0, 0.1) is 18.3 Å². The lowest BCUT2D eigenvalue weighted by Gasteiger charge is -2.11. The van der Waals surface area contributed by atoms with Crippen LogP contribution < -0.4 is 10.5 Å². The minimum absolute atomic E-state index is 0.308. The smallest absolute Gasteiger partial charge is 0.237 e. The van der Waals surface area contributed by atoms with E-state index in [1.165, 1.54) is 0 Å². The van der Waals surface area contributed by atoms with Crippen LogP contribution in [-0.4, -0.2) is 4.98 Å². The molecule has 4 nitrogen and oxygen atoms in total. The summed E-state index contributed by atoms with van der Waals surface area (Å²) in [4.78, 5) is 4.13. The second-order valence-electron chi connectivity index (χ2n) is 4.38. The Bertz CT molecular complexity index is 687. The monoisotopic (exact) mass is 265 g/mol. The molecule has 0 aliphatic heterocycles. The van der Waals surface area contributed by atoms with Gasteiger partial charge in [-0.15, -0.1) is 6.58 Å². The molecule has 0 unspecified atom stereocenters. The number of benzene rings is 1. The van der Waals surface area contributed by atoms with E-state index in [9.17, 15) is 5.26 Å². The zero-order chi connectivity index (χ0) is 14.5. The van der Waals surface area contributed by atoms with E-state index in [-0.39, 0.29) is 0 Å². The first kappa shape index (κ1) is 13.6. The minimum atomic E-state index is 0.308. The van der Waals surface area contributed by atoms with Gasteiger partial charge in [-0.3, -0.25) is 0 Å². The maximum Gasteiger partial charge on any atom is 0.237 e. The van der Waals surface area contributed by atoms with Gasteiger partial charge in [0, 0.05) is 17.4 Å². The molecule has 0 aliphatic carbocycles. The molecule has 2 rings (SSSR count). The van der Waals surface area contributed by atoms with Crippen LogP contribution in [0.25, 0.3) is 0 Å². The highest BCUT2D eigenvalue weighted by Gasteiger charge is 2.11. The van der Waals surface area contributed by atoms with E-state index in [0.717, 1.165) is 11.1 Å². The standard InChI is InChI=1S/C16H15N3O/c1-3-4-12-9-13(18)5-6-15(12)20-16-14(10-17)11(2)7-8-19-16/h3,5-9H,1,4,18H2,2H3. The highest BCUT2D eigenvalue weighted by Crippen LogP contribution is 2.29. The Morgan fingerprint density at radius 1 is 1.45 bits per heavy atom. The SMILES string of the molecule is C=CCc1cc(N)ccc1Oc1nccc(C)c1C#N. The summed E-state index contributed by atoms with van der Waals surface area (Å²) in [5, 5.41) is 9.19. The number of pyridine rings is 1. The van der Waals surface area contributed by atoms with E-state index in [4.69, 9.17) is 10.5 Å². The Morgan fingerprint density at radius 2 is 2.25 bits per heavy atom. The van der Waals surface area contributed by atoms with Crippen LogP contribution in [0.1, 0.15) is 16.7 Å². The Balaban J connectivity index is 2.43. The fourth-order valence-electron chi connectivity index (χ4n) is 1.86. The molecular formula is C16H15N3O. The Labute approximate surface area is 118 Å². The summed E-state index contributed by atoms with van der Waals surface area (Å²) in [5.74, 6) is 0.941. The molecule has 0 aliphatic rings. The largest absolute Gasteiger partial charge is 0.437 e. The fraction of sp³-hybridized carbons (Fsp3) is 0.125. The van der Waals surface area contributed by atoms with Crippen LogP contribution in [-0.2, 0) is 6.42 Å². The number of aromatic nitrogens is 1. The number of aryl methyl sites for hydroxylation is 1. The van der Waals surface area contributed by atoms with Crippen molar-refractivity contribution >= 4 is 5.69 Å². The molecule has 0 saturated heterocycles. The second kappa shape index (κ2) is 5.89. The van der Waals surface area contributed by atoms with Crippen molar-refractivity contribution < 1.29 is 4.74 Å². The summed E-state index contributed by atoms with van der Waals surface area (Å²) < 4.78 is 5.78. The summed E-state index contributed by atoms with van der Waals surface area (Å²) in [6.45, 7) is 5.57. The Hall–Kier alpha value is -2.80. The maximum atomic E-state index is 9.19. The van der Waals surface area contributed by atoms with Crippen LogP contribution >= 0.6 is 0 Å². The van der Waals surface area contributed by atoms with Crippen molar-refractivity contribution in [3.05, 3.63) is 59.8 Å². The molecule has 0 atom stereocenters. The molecule has 0 bridgehead atoms. The van der Waals surface area contributed by atoms with Gasteiger partial charge in [0.05, 0.1) is 0 Å². The highest BCUT2D eigenvalue weighted by atomic mass is 16.5. The van der Waals surface area contributed by atoms with E-state index in [0.29, 0.717) is 29.3 Å². The number of ether oxygens (including phenoxy) is 1. The van der Waals surface area contributed by atoms with Gasteiger partial charge in [0.1, 0.15) is 17.4 Å². The summed E-state index contributed by atoms with van der Waals surface area (Å²) in [6, 6.07) is 9.25. The zero-order valence-electron chi connectivity index (χ0n) is 11.3. The van der Waals surface area contributed by atoms with Crippen LogP contribution in [0.4, 0.5) is 5.69 Å². The summed E-state index contributed by atoms with van der Waals surface area (Å²) in [6.07, 6.45) is 4.03. The third-order valence-electron chi connectivity index (χ3n) is 2.89. The normalized spacial score (nSPS) is 9.80. The van der Waals surface area contributed by atoms with Gasteiger partial charge < -0.3 is 10.5 Å². The zero-order valence-corrected chi connectivity index (χ0v) is 11.3. The number of rotatable bonds is 4. The number of allylic oxidation sites excluding steroid dienone is 1. The van der Waals surface area contributed by atoms with Crippen molar-refractivity contribution in [3.8, 4) is 17.7 Å². The van der Waals surface area contributed by atoms with Crippen molar-refractivity contribution in [2.75, 3.05) is 5.73 Å². The predicted molar refractivity (Wildman–Crippen MR) is 78.5 cm³/mol. The van der Waals surface area contributed by atoms with Gasteiger partial charge in [0.25, 0.3) is 0 Å². The van der Waals surface area contributed by atoms with Gasteiger partial charge in [-0.25, -0.2) is 4.98 Å². The fourth-order valence-corrected chi connectivity index (χ4v) is 1.86. The highest BCUT2D eigenvalue weighted by molar-refractivity contribution is 5.51. The number of nitrogens with zero attached hydrogens (tertiary/aromatic N) is 2. The number of hydrogen-bond acceptors (Lipinski definition) is 4. The molecule has 1 aromatic carbocycles. The van der Waals surface area contributed by atoms with Crippen LogP contribution in [0.3, 0.4) is 0 Å². The van der Waals surface area contributed by atoms with Gasteiger partial charge in [-0.1, -0.05) is 6.08 Å². The first-order valence-electron chi connectivity index (χ1n) is 6.18. The lowest BCUT2D eigenvalue weighted by Crippen LogP contribution is -1.98. The molecule has 2 N–H and O–H groups in total. The molecule has 100 valence electrons. The summed E-state index contributed by atoms with van der Waals surface area (Å²) in [7, 11) is 0. The third-order valence-corrected chi connectivity index (χ3v) is 2.89. The third kappa shape index (κ3) is 2.78. The molecule has 1 aromatic heterocycles. The summed E-state index contributed by atoms with van der Waals surface area (Å²) in [5.41, 5.74) is 8.61. The van der Waals surface area contributed by atoms with Gasteiger partial charge in [-0.05, 0) is 43.2 Å². The average molecular weight is 265 g/mol. The molecule has 1 heterocycles. The Morgan fingerprint density at radius 3 is 2.95 bits per heavy atom. The molecule has 0 radical (unpaired) electrons. The molecular weight excluding hydrogens is 250 g/mol. The number of nitrogens with two attached hydrogens (primary N) is 1.